The van der Waals surface area contributed by atoms with E-state index in [2.05, 4.69) is 16.6 Å². The summed E-state index contributed by atoms with van der Waals surface area (Å²) in [5.41, 5.74) is 0.840. The Bertz CT molecular complexity index is 457. The van der Waals surface area contributed by atoms with E-state index in [0.717, 1.165) is 23.9 Å². The summed E-state index contributed by atoms with van der Waals surface area (Å²) in [5.74, 6) is -0.132. The molecule has 0 unspecified atom stereocenters. The molecule has 0 saturated heterocycles. The SMILES string of the molecule is CSC1CCC(Nc2ccc(C(=O)O)c(C)n2)CC1. The Morgan fingerprint density at radius 3 is 2.58 bits per heavy atom. The van der Waals surface area contributed by atoms with E-state index in [4.69, 9.17) is 5.11 Å². The number of aromatic nitrogens is 1. The van der Waals surface area contributed by atoms with Crippen molar-refractivity contribution in [3.8, 4) is 0 Å². The third-order valence-electron chi connectivity index (χ3n) is 3.68. The zero-order valence-electron chi connectivity index (χ0n) is 11.3. The van der Waals surface area contributed by atoms with E-state index in [9.17, 15) is 4.79 Å². The minimum Gasteiger partial charge on any atom is -0.478 e. The van der Waals surface area contributed by atoms with Gasteiger partial charge in [-0.25, -0.2) is 9.78 Å². The molecule has 0 radical (unpaired) electrons. The highest BCUT2D eigenvalue weighted by Crippen LogP contribution is 2.28. The minimum absolute atomic E-state index is 0.275. The van der Waals surface area contributed by atoms with E-state index in [0.29, 0.717) is 11.7 Å². The number of hydrogen-bond donors (Lipinski definition) is 2. The van der Waals surface area contributed by atoms with Crippen molar-refractivity contribution in [2.45, 2.75) is 43.9 Å². The molecule has 0 spiro atoms. The van der Waals surface area contributed by atoms with Crippen molar-refractivity contribution >= 4 is 23.5 Å². The van der Waals surface area contributed by atoms with Crippen LogP contribution in [0.4, 0.5) is 5.82 Å². The lowest BCUT2D eigenvalue weighted by Gasteiger charge is -2.28. The number of thioether (sulfide) groups is 1. The van der Waals surface area contributed by atoms with E-state index in [1.54, 1.807) is 19.1 Å². The second kappa shape index (κ2) is 6.28. The Labute approximate surface area is 118 Å². The molecule has 1 heterocycles. The maximum absolute atomic E-state index is 10.9. The van der Waals surface area contributed by atoms with Gasteiger partial charge in [0, 0.05) is 11.3 Å². The molecule has 1 aromatic rings. The average Bonchev–Trinajstić information content (AvgIpc) is 2.39. The Hall–Kier alpha value is -1.23. The molecule has 0 bridgehead atoms. The minimum atomic E-state index is -0.919. The van der Waals surface area contributed by atoms with Gasteiger partial charge >= 0.3 is 5.97 Å². The summed E-state index contributed by atoms with van der Waals surface area (Å²) in [7, 11) is 0. The van der Waals surface area contributed by atoms with Crippen LogP contribution in [-0.2, 0) is 0 Å². The Morgan fingerprint density at radius 1 is 1.37 bits per heavy atom. The first kappa shape index (κ1) is 14.2. The third-order valence-corrected chi connectivity index (χ3v) is 4.81. The number of pyridine rings is 1. The number of aromatic carboxylic acids is 1. The summed E-state index contributed by atoms with van der Waals surface area (Å²) in [6, 6.07) is 3.85. The number of carboxylic acid groups (broad SMARTS) is 1. The van der Waals surface area contributed by atoms with Crippen LogP contribution in [0.2, 0.25) is 0 Å². The lowest BCUT2D eigenvalue weighted by molar-refractivity contribution is 0.0695. The Kier molecular flexibility index (Phi) is 4.69. The first-order valence-electron chi connectivity index (χ1n) is 6.60. The molecule has 2 N–H and O–H groups in total. The van der Waals surface area contributed by atoms with E-state index < -0.39 is 5.97 Å². The van der Waals surface area contributed by atoms with Crippen molar-refractivity contribution in [1.29, 1.82) is 0 Å². The van der Waals surface area contributed by atoms with E-state index in [1.807, 2.05) is 11.8 Å². The van der Waals surface area contributed by atoms with Gasteiger partial charge in [0.1, 0.15) is 5.82 Å². The van der Waals surface area contributed by atoms with Crippen LogP contribution >= 0.6 is 11.8 Å². The van der Waals surface area contributed by atoms with Gasteiger partial charge in [0.15, 0.2) is 0 Å². The number of anilines is 1. The average molecular weight is 280 g/mol. The largest absolute Gasteiger partial charge is 0.478 e. The topological polar surface area (TPSA) is 62.2 Å². The zero-order valence-corrected chi connectivity index (χ0v) is 12.2. The maximum Gasteiger partial charge on any atom is 0.337 e. The van der Waals surface area contributed by atoms with Gasteiger partial charge in [0.2, 0.25) is 0 Å². The highest BCUT2D eigenvalue weighted by molar-refractivity contribution is 7.99. The lowest BCUT2D eigenvalue weighted by atomic mass is 9.95. The predicted octanol–water partition coefficient (Wildman–Crippen LogP) is 3.17. The number of nitrogens with zero attached hydrogens (tertiary/aromatic N) is 1. The van der Waals surface area contributed by atoms with Crippen molar-refractivity contribution in [1.82, 2.24) is 4.98 Å². The molecule has 1 aliphatic rings. The molecule has 4 nitrogen and oxygen atoms in total. The number of nitrogens with one attached hydrogen (secondary N) is 1. The highest BCUT2D eigenvalue weighted by Gasteiger charge is 2.20. The highest BCUT2D eigenvalue weighted by atomic mass is 32.2. The molecule has 0 atom stereocenters. The van der Waals surface area contributed by atoms with Crippen LogP contribution in [0.1, 0.15) is 41.7 Å². The quantitative estimate of drug-likeness (QED) is 0.887. The van der Waals surface area contributed by atoms with Crippen molar-refractivity contribution in [3.63, 3.8) is 0 Å². The molecule has 5 heteroatoms. The summed E-state index contributed by atoms with van der Waals surface area (Å²) >= 11 is 1.95. The summed E-state index contributed by atoms with van der Waals surface area (Å²) in [4.78, 5) is 15.3. The van der Waals surface area contributed by atoms with Crippen LogP contribution in [0.25, 0.3) is 0 Å². The molecule has 0 amide bonds. The number of hydrogen-bond acceptors (Lipinski definition) is 4. The predicted molar refractivity (Wildman–Crippen MR) is 79.1 cm³/mol. The maximum atomic E-state index is 10.9. The van der Waals surface area contributed by atoms with E-state index >= 15 is 0 Å². The lowest BCUT2D eigenvalue weighted by Crippen LogP contribution is -2.27. The molecule has 0 aliphatic heterocycles. The molecule has 1 fully saturated rings. The van der Waals surface area contributed by atoms with Crippen LogP contribution in [0.5, 0.6) is 0 Å². The molecular formula is C14H20N2O2S. The smallest absolute Gasteiger partial charge is 0.337 e. The molecule has 104 valence electrons. The van der Waals surface area contributed by atoms with Crippen LogP contribution in [0.15, 0.2) is 12.1 Å². The molecule has 1 aliphatic carbocycles. The second-order valence-electron chi connectivity index (χ2n) is 4.99. The van der Waals surface area contributed by atoms with Gasteiger partial charge in [-0.3, -0.25) is 0 Å². The zero-order chi connectivity index (χ0) is 13.8. The Morgan fingerprint density at radius 2 is 2.05 bits per heavy atom. The second-order valence-corrected chi connectivity index (χ2v) is 6.13. The van der Waals surface area contributed by atoms with Gasteiger partial charge in [-0.15, -0.1) is 0 Å². The summed E-state index contributed by atoms with van der Waals surface area (Å²) < 4.78 is 0. The van der Waals surface area contributed by atoms with Crippen LogP contribution in [0, 0.1) is 6.92 Å². The molecule has 19 heavy (non-hydrogen) atoms. The summed E-state index contributed by atoms with van der Waals surface area (Å²) in [6.07, 6.45) is 6.98. The monoisotopic (exact) mass is 280 g/mol. The fourth-order valence-electron chi connectivity index (χ4n) is 2.52. The van der Waals surface area contributed by atoms with Crippen molar-refractivity contribution in [2.24, 2.45) is 0 Å². The van der Waals surface area contributed by atoms with Crippen molar-refractivity contribution in [3.05, 3.63) is 23.4 Å². The van der Waals surface area contributed by atoms with Gasteiger partial charge < -0.3 is 10.4 Å². The van der Waals surface area contributed by atoms with Crippen LogP contribution < -0.4 is 5.32 Å². The van der Waals surface area contributed by atoms with Crippen LogP contribution in [-0.4, -0.2) is 33.6 Å². The van der Waals surface area contributed by atoms with Gasteiger partial charge in [-0.1, -0.05) is 0 Å². The molecule has 0 aromatic carbocycles. The number of rotatable bonds is 4. The summed E-state index contributed by atoms with van der Waals surface area (Å²) in [5, 5.41) is 13.2. The fourth-order valence-corrected chi connectivity index (χ4v) is 3.26. The number of carboxylic acids is 1. The molecular weight excluding hydrogens is 260 g/mol. The number of aryl methyl sites for hydroxylation is 1. The first-order chi connectivity index (χ1) is 9.10. The van der Waals surface area contributed by atoms with Crippen molar-refractivity contribution in [2.75, 3.05) is 11.6 Å². The van der Waals surface area contributed by atoms with Crippen LogP contribution in [0.3, 0.4) is 0 Å². The number of carbonyl (C=O) groups is 1. The van der Waals surface area contributed by atoms with Gasteiger partial charge in [-0.05, 0) is 51.0 Å². The normalized spacial score (nSPS) is 23.1. The summed E-state index contributed by atoms with van der Waals surface area (Å²) in [6.45, 7) is 1.74. The fraction of sp³-hybridized carbons (Fsp3) is 0.571. The standard InChI is InChI=1S/C14H20N2O2S/c1-9-12(14(17)18)7-8-13(15-9)16-10-3-5-11(19-2)6-4-10/h7-8,10-11H,3-6H2,1-2H3,(H,15,16)(H,17,18). The van der Waals surface area contributed by atoms with Crippen molar-refractivity contribution < 1.29 is 9.90 Å². The molecule has 1 saturated carbocycles. The van der Waals surface area contributed by atoms with Gasteiger partial charge in [0.05, 0.1) is 11.3 Å². The molecule has 1 aromatic heterocycles. The van der Waals surface area contributed by atoms with Gasteiger partial charge in [-0.2, -0.15) is 11.8 Å². The van der Waals surface area contributed by atoms with E-state index in [-0.39, 0.29) is 5.56 Å². The molecule has 2 rings (SSSR count). The van der Waals surface area contributed by atoms with E-state index in [1.165, 1.54) is 12.8 Å². The van der Waals surface area contributed by atoms with Gasteiger partial charge in [0.25, 0.3) is 0 Å². The Balaban J connectivity index is 1.97. The first-order valence-corrected chi connectivity index (χ1v) is 7.89. The third kappa shape index (κ3) is 3.62.